The van der Waals surface area contributed by atoms with Gasteiger partial charge in [0.05, 0.1) is 34.4 Å². The Balaban J connectivity index is 4.35. The first-order chi connectivity index (χ1) is 19.6. The highest BCUT2D eigenvalue weighted by atomic mass is 31.2. The van der Waals surface area contributed by atoms with Gasteiger partial charge in [0.15, 0.2) is 0 Å². The standard InChI is InChI=1S/C32H62NO7P/c1-6-8-10-12-14-15-16-17-18-19-20-21-23-25-32(34)40-31(29-37-27-24-22-13-11-9-7-2)30-39-41(35,36)38-28-26-33(3,4)5/h10,12,15-16,31H,6-9,11,13-14,17-30H2,1-5H3/p+1/b12-10-,16-15-. The second-order valence-corrected chi connectivity index (χ2v) is 13.3. The molecule has 0 aliphatic carbocycles. The molecule has 1 N–H and O–H groups in total. The molecule has 41 heavy (non-hydrogen) atoms. The molecule has 0 heterocycles. The largest absolute Gasteiger partial charge is 0.472 e. The topological polar surface area (TPSA) is 91.3 Å². The molecular weight excluding hydrogens is 541 g/mol. The molecule has 0 rings (SSSR count). The van der Waals surface area contributed by atoms with E-state index in [0.29, 0.717) is 24.1 Å². The zero-order chi connectivity index (χ0) is 30.7. The molecule has 0 amide bonds. The highest BCUT2D eigenvalue weighted by Gasteiger charge is 2.26. The molecule has 0 aromatic heterocycles. The fourth-order valence-electron chi connectivity index (χ4n) is 3.94. The van der Waals surface area contributed by atoms with E-state index in [1.54, 1.807) is 0 Å². The Hall–Kier alpha value is -1.02. The minimum absolute atomic E-state index is 0.0863. The van der Waals surface area contributed by atoms with Gasteiger partial charge in [-0.3, -0.25) is 13.8 Å². The molecule has 242 valence electrons. The highest BCUT2D eigenvalue weighted by molar-refractivity contribution is 7.47. The number of esters is 1. The Morgan fingerprint density at radius 3 is 2.07 bits per heavy atom. The van der Waals surface area contributed by atoms with E-state index >= 15 is 0 Å². The summed E-state index contributed by atoms with van der Waals surface area (Å²) in [7, 11) is 1.65. The second-order valence-electron chi connectivity index (χ2n) is 11.8. The fourth-order valence-corrected chi connectivity index (χ4v) is 4.68. The van der Waals surface area contributed by atoms with Crippen LogP contribution in [0.1, 0.15) is 117 Å². The molecule has 0 aliphatic heterocycles. The van der Waals surface area contributed by atoms with Crippen LogP contribution in [0, 0.1) is 0 Å². The molecule has 0 aliphatic rings. The summed E-state index contributed by atoms with van der Waals surface area (Å²) in [6, 6.07) is 0. The number of carbonyl (C=O) groups excluding carboxylic acids is 1. The van der Waals surface area contributed by atoms with Crippen LogP contribution in [-0.4, -0.2) is 75.6 Å². The van der Waals surface area contributed by atoms with Gasteiger partial charge in [-0.15, -0.1) is 0 Å². The van der Waals surface area contributed by atoms with Gasteiger partial charge in [-0.05, 0) is 38.5 Å². The molecule has 0 aromatic carbocycles. The van der Waals surface area contributed by atoms with Gasteiger partial charge in [-0.2, -0.15) is 0 Å². The van der Waals surface area contributed by atoms with Crippen molar-refractivity contribution in [2.24, 2.45) is 0 Å². The normalized spacial score (nSPS) is 14.6. The minimum atomic E-state index is -4.25. The number of carbonyl (C=O) groups is 1. The quantitative estimate of drug-likeness (QED) is 0.0303. The number of phosphoric ester groups is 1. The van der Waals surface area contributed by atoms with Crippen molar-refractivity contribution in [2.45, 2.75) is 123 Å². The van der Waals surface area contributed by atoms with E-state index in [2.05, 4.69) is 38.2 Å². The first kappa shape index (κ1) is 40.0. The lowest BCUT2D eigenvalue weighted by atomic mass is 10.1. The third-order valence-corrected chi connectivity index (χ3v) is 7.48. The Kier molecular flexibility index (Phi) is 25.9. The summed E-state index contributed by atoms with van der Waals surface area (Å²) < 4.78 is 34.5. The molecule has 8 nitrogen and oxygen atoms in total. The highest BCUT2D eigenvalue weighted by Crippen LogP contribution is 2.43. The van der Waals surface area contributed by atoms with Crippen LogP contribution in [0.2, 0.25) is 0 Å². The van der Waals surface area contributed by atoms with Crippen LogP contribution in [0.4, 0.5) is 0 Å². The second kappa shape index (κ2) is 26.6. The third-order valence-electron chi connectivity index (χ3n) is 6.50. The summed E-state index contributed by atoms with van der Waals surface area (Å²) in [5, 5.41) is 0. The maximum absolute atomic E-state index is 12.5. The van der Waals surface area contributed by atoms with Crippen LogP contribution in [0.15, 0.2) is 24.3 Å². The zero-order valence-corrected chi connectivity index (χ0v) is 27.9. The van der Waals surface area contributed by atoms with Gasteiger partial charge in [-0.25, -0.2) is 4.57 Å². The number of rotatable bonds is 29. The molecule has 0 aromatic rings. The molecule has 0 saturated heterocycles. The van der Waals surface area contributed by atoms with Gasteiger partial charge in [0.1, 0.15) is 19.3 Å². The smallest absolute Gasteiger partial charge is 0.457 e. The van der Waals surface area contributed by atoms with Gasteiger partial charge in [0, 0.05) is 13.0 Å². The van der Waals surface area contributed by atoms with E-state index in [1.807, 2.05) is 21.1 Å². The molecule has 0 radical (unpaired) electrons. The third kappa shape index (κ3) is 30.2. The Bertz CT molecular complexity index is 721. The molecule has 0 fully saturated rings. The van der Waals surface area contributed by atoms with Crippen LogP contribution < -0.4 is 0 Å². The molecule has 0 saturated carbocycles. The molecule has 0 spiro atoms. The summed E-state index contributed by atoms with van der Waals surface area (Å²) in [6.45, 7) is 5.46. The van der Waals surface area contributed by atoms with Gasteiger partial charge in [0.25, 0.3) is 0 Å². The predicted octanol–water partition coefficient (Wildman–Crippen LogP) is 8.15. The first-order valence-electron chi connectivity index (χ1n) is 16.1. The number of phosphoric acid groups is 1. The van der Waals surface area contributed by atoms with E-state index in [4.69, 9.17) is 18.5 Å². The fraction of sp³-hybridized carbons (Fsp3) is 0.844. The molecule has 0 bridgehead atoms. The van der Waals surface area contributed by atoms with Gasteiger partial charge < -0.3 is 18.9 Å². The molecule has 2 unspecified atom stereocenters. The van der Waals surface area contributed by atoms with E-state index in [-0.39, 0.29) is 25.8 Å². The van der Waals surface area contributed by atoms with Crippen molar-refractivity contribution < 1.29 is 37.3 Å². The van der Waals surface area contributed by atoms with Crippen LogP contribution >= 0.6 is 7.82 Å². The maximum atomic E-state index is 12.5. The lowest BCUT2D eigenvalue weighted by molar-refractivity contribution is -0.870. The number of unbranched alkanes of at least 4 members (excludes halogenated alkanes) is 11. The van der Waals surface area contributed by atoms with Gasteiger partial charge >= 0.3 is 13.8 Å². The number of hydrogen-bond donors (Lipinski definition) is 1. The summed E-state index contributed by atoms with van der Waals surface area (Å²) in [5.41, 5.74) is 0. The van der Waals surface area contributed by atoms with E-state index in [1.165, 1.54) is 32.1 Å². The number of quaternary nitrogens is 1. The van der Waals surface area contributed by atoms with E-state index in [0.717, 1.165) is 64.2 Å². The van der Waals surface area contributed by atoms with Crippen molar-refractivity contribution in [1.29, 1.82) is 0 Å². The minimum Gasteiger partial charge on any atom is -0.457 e. The average molecular weight is 605 g/mol. The number of likely N-dealkylation sites (N-methyl/N-ethyl adjacent to an activating group) is 1. The van der Waals surface area contributed by atoms with Gasteiger partial charge in [0.2, 0.25) is 0 Å². The monoisotopic (exact) mass is 604 g/mol. The van der Waals surface area contributed by atoms with Crippen molar-refractivity contribution in [3.05, 3.63) is 24.3 Å². The van der Waals surface area contributed by atoms with Crippen molar-refractivity contribution in [1.82, 2.24) is 0 Å². The predicted molar refractivity (Wildman–Crippen MR) is 169 cm³/mol. The summed E-state index contributed by atoms with van der Waals surface area (Å²) in [4.78, 5) is 22.5. The number of ether oxygens (including phenoxy) is 2. The lowest BCUT2D eigenvalue weighted by Gasteiger charge is -2.24. The summed E-state index contributed by atoms with van der Waals surface area (Å²) in [5.74, 6) is -0.334. The van der Waals surface area contributed by atoms with E-state index < -0.39 is 13.9 Å². The van der Waals surface area contributed by atoms with Gasteiger partial charge in [-0.1, -0.05) is 95.9 Å². The number of hydrogen-bond acceptors (Lipinski definition) is 6. The van der Waals surface area contributed by atoms with E-state index in [9.17, 15) is 14.3 Å². The summed E-state index contributed by atoms with van der Waals surface area (Å²) in [6.07, 6.45) is 25.0. The van der Waals surface area contributed by atoms with Crippen molar-refractivity contribution in [3.8, 4) is 0 Å². The Morgan fingerprint density at radius 2 is 1.39 bits per heavy atom. The average Bonchev–Trinajstić information content (AvgIpc) is 2.90. The van der Waals surface area contributed by atoms with Crippen LogP contribution in [-0.2, 0) is 27.9 Å². The SMILES string of the molecule is CCC/C=C\C/C=C\CCCCCCCC(=O)OC(COCCCCCCCC)COP(=O)(O)OCC[N+](C)(C)C. The van der Waals surface area contributed by atoms with Crippen molar-refractivity contribution >= 4 is 13.8 Å². The van der Waals surface area contributed by atoms with Crippen molar-refractivity contribution in [3.63, 3.8) is 0 Å². The first-order valence-corrected chi connectivity index (χ1v) is 17.6. The molecular formula is C32H63NO7P+. The zero-order valence-electron chi connectivity index (χ0n) is 27.0. The van der Waals surface area contributed by atoms with Crippen molar-refractivity contribution in [2.75, 3.05) is 54.1 Å². The van der Waals surface area contributed by atoms with Crippen LogP contribution in [0.5, 0.6) is 0 Å². The van der Waals surface area contributed by atoms with Crippen LogP contribution in [0.3, 0.4) is 0 Å². The molecule has 9 heteroatoms. The molecule has 2 atom stereocenters. The maximum Gasteiger partial charge on any atom is 0.472 e. The Morgan fingerprint density at radius 1 is 0.756 bits per heavy atom. The lowest BCUT2D eigenvalue weighted by Crippen LogP contribution is -2.37. The Labute approximate surface area is 252 Å². The number of nitrogens with zero attached hydrogens (tertiary/aromatic N) is 1. The van der Waals surface area contributed by atoms with Crippen LogP contribution in [0.25, 0.3) is 0 Å². The summed E-state index contributed by atoms with van der Waals surface area (Å²) >= 11 is 0. The number of allylic oxidation sites excluding steroid dienone is 4.